The number of carbonyl (C=O) groups excluding carboxylic acids is 1. The van der Waals surface area contributed by atoms with Crippen LogP contribution in [0.15, 0.2) is 18.3 Å². The van der Waals surface area contributed by atoms with Gasteiger partial charge in [0.2, 0.25) is 0 Å². The molecule has 0 saturated carbocycles. The van der Waals surface area contributed by atoms with Gasteiger partial charge in [-0.25, -0.2) is 24.0 Å². The number of alkyl halides is 1. The first-order valence-electron chi connectivity index (χ1n) is 11.6. The molecule has 34 heavy (non-hydrogen) atoms. The number of nitrogens with one attached hydrogen (secondary N) is 1. The number of likely N-dealkylation sites (N-methyl/N-ethyl adjacent to an activating group) is 1. The van der Waals surface area contributed by atoms with Gasteiger partial charge in [-0.15, -0.1) is 5.10 Å². The lowest BCUT2D eigenvalue weighted by atomic mass is 10.1. The number of aromatic nitrogens is 5. The van der Waals surface area contributed by atoms with Crippen LogP contribution in [0.3, 0.4) is 0 Å². The number of aryl methyl sites for hydroxylation is 1. The number of carbonyl (C=O) groups is 1. The number of pyridine rings is 1. The average molecular weight is 471 g/mol. The molecule has 1 atom stereocenters. The van der Waals surface area contributed by atoms with E-state index >= 15 is 0 Å². The number of nitrogens with zero attached hydrogens (tertiary/aromatic N) is 7. The summed E-state index contributed by atoms with van der Waals surface area (Å²) in [4.78, 5) is 26.8. The maximum absolute atomic E-state index is 14.7. The molecular weight excluding hydrogens is 435 g/mol. The molecule has 184 valence electrons. The van der Waals surface area contributed by atoms with Gasteiger partial charge in [-0.2, -0.15) is 0 Å². The highest BCUT2D eigenvalue weighted by molar-refractivity contribution is 5.92. The molecule has 0 amide bonds. The molecule has 1 aliphatic heterocycles. The number of hydrogen-bond donors (Lipinski definition) is 1. The van der Waals surface area contributed by atoms with E-state index in [9.17, 15) is 4.39 Å². The van der Waals surface area contributed by atoms with Crippen molar-refractivity contribution in [1.82, 2.24) is 29.6 Å². The highest BCUT2D eigenvalue weighted by Gasteiger charge is 2.29. The second-order valence-electron chi connectivity index (χ2n) is 9.03. The van der Waals surface area contributed by atoms with Crippen molar-refractivity contribution in [1.29, 1.82) is 0 Å². The van der Waals surface area contributed by atoms with Crippen LogP contribution >= 0.6 is 0 Å². The zero-order valence-corrected chi connectivity index (χ0v) is 21.1. The van der Waals surface area contributed by atoms with Gasteiger partial charge < -0.3 is 19.9 Å². The predicted octanol–water partition coefficient (Wildman–Crippen LogP) is 3.36. The molecule has 0 bridgehead atoms. The predicted molar refractivity (Wildman–Crippen MR) is 134 cm³/mol. The smallest absolute Gasteiger partial charge is 0.167 e. The number of anilines is 2. The number of hydrogen-bond acceptors (Lipinski definition) is 8. The van der Waals surface area contributed by atoms with Crippen LogP contribution in [0.25, 0.3) is 16.7 Å². The summed E-state index contributed by atoms with van der Waals surface area (Å²) in [7, 11) is 6.06. The van der Waals surface area contributed by atoms with Gasteiger partial charge in [-0.05, 0) is 47.7 Å². The first kappa shape index (κ1) is 25.5. The third-order valence-electron chi connectivity index (χ3n) is 5.87. The van der Waals surface area contributed by atoms with E-state index < -0.39 is 5.67 Å². The summed E-state index contributed by atoms with van der Waals surface area (Å²) in [5.74, 6) is 2.36. The van der Waals surface area contributed by atoms with Gasteiger partial charge in [0, 0.05) is 50.2 Å². The van der Waals surface area contributed by atoms with Gasteiger partial charge in [-0.1, -0.05) is 6.92 Å². The molecule has 4 heterocycles. The van der Waals surface area contributed by atoms with Crippen molar-refractivity contribution in [3.8, 4) is 5.82 Å². The van der Waals surface area contributed by atoms with E-state index in [4.69, 9.17) is 9.89 Å². The third-order valence-corrected chi connectivity index (χ3v) is 5.87. The standard InChI is InChI=1S/C22H31FN8.C2H4O/c1-7-14-10-19(27-21(26-14)22(2,3)23)31-17-11-18(24-4)25-12-16(17)20(28-31)30-9-8-15(13-30)29(5)6;1-2-3/h10-12,15H,7-9,13H2,1-6H3,(H,24,25);2H,1H3. The number of fused-ring (bicyclic) bond motifs is 1. The van der Waals surface area contributed by atoms with Gasteiger partial charge >= 0.3 is 0 Å². The molecule has 10 heteroatoms. The minimum atomic E-state index is -1.64. The summed E-state index contributed by atoms with van der Waals surface area (Å²) in [6.45, 7) is 8.23. The first-order chi connectivity index (χ1) is 16.1. The molecule has 0 spiro atoms. The lowest BCUT2D eigenvalue weighted by Crippen LogP contribution is -2.31. The molecule has 9 nitrogen and oxygen atoms in total. The first-order valence-corrected chi connectivity index (χ1v) is 11.6. The van der Waals surface area contributed by atoms with Crippen LogP contribution in [0.1, 0.15) is 45.6 Å². The molecule has 4 rings (SSSR count). The van der Waals surface area contributed by atoms with E-state index in [1.807, 2.05) is 32.3 Å². The van der Waals surface area contributed by atoms with Crippen molar-refractivity contribution in [2.45, 2.75) is 52.2 Å². The second kappa shape index (κ2) is 10.4. The van der Waals surface area contributed by atoms with Crippen molar-refractivity contribution < 1.29 is 9.18 Å². The Morgan fingerprint density at radius 2 is 2.00 bits per heavy atom. The highest BCUT2D eigenvalue weighted by atomic mass is 19.1. The fraction of sp³-hybridized carbons (Fsp3) is 0.542. The topological polar surface area (TPSA) is 92.1 Å². The quantitative estimate of drug-likeness (QED) is 0.549. The van der Waals surface area contributed by atoms with Crippen molar-refractivity contribution >= 4 is 28.8 Å². The van der Waals surface area contributed by atoms with E-state index in [1.165, 1.54) is 20.8 Å². The van der Waals surface area contributed by atoms with Crippen LogP contribution in [0, 0.1) is 0 Å². The van der Waals surface area contributed by atoms with Crippen LogP contribution in [0.4, 0.5) is 16.0 Å². The summed E-state index contributed by atoms with van der Waals surface area (Å²) < 4.78 is 16.5. The molecule has 1 saturated heterocycles. The van der Waals surface area contributed by atoms with E-state index in [0.717, 1.165) is 54.0 Å². The third kappa shape index (κ3) is 5.32. The normalized spacial score (nSPS) is 16.0. The Morgan fingerprint density at radius 3 is 2.56 bits per heavy atom. The fourth-order valence-electron chi connectivity index (χ4n) is 3.93. The number of halogens is 1. The van der Waals surface area contributed by atoms with Crippen molar-refractivity contribution in [2.75, 3.05) is 44.4 Å². The Morgan fingerprint density at radius 1 is 1.29 bits per heavy atom. The van der Waals surface area contributed by atoms with Gasteiger partial charge in [-0.3, -0.25) is 0 Å². The van der Waals surface area contributed by atoms with E-state index in [0.29, 0.717) is 18.3 Å². The number of aldehydes is 1. The molecule has 3 aromatic heterocycles. The molecule has 0 aromatic carbocycles. The second-order valence-corrected chi connectivity index (χ2v) is 9.03. The van der Waals surface area contributed by atoms with Crippen molar-refractivity contribution in [3.63, 3.8) is 0 Å². The summed E-state index contributed by atoms with van der Waals surface area (Å²) in [6.07, 6.45) is 4.37. The van der Waals surface area contributed by atoms with Crippen LogP contribution in [-0.4, -0.2) is 76.2 Å². The molecule has 1 unspecified atom stereocenters. The molecular formula is C24H35FN8O. The maximum atomic E-state index is 14.7. The lowest BCUT2D eigenvalue weighted by molar-refractivity contribution is -0.106. The molecule has 0 radical (unpaired) electrons. The Hall–Kier alpha value is -3.14. The molecule has 1 fully saturated rings. The van der Waals surface area contributed by atoms with Crippen LogP contribution in [-0.2, 0) is 16.9 Å². The molecule has 3 aromatic rings. The lowest BCUT2D eigenvalue weighted by Gasteiger charge is -2.20. The SMILES string of the molecule is CC=O.CCc1cc(-n2nc(N3CCC(N(C)C)C3)c3cnc(NC)cc32)nc(C(C)(C)F)n1. The van der Waals surface area contributed by atoms with Crippen LogP contribution in [0.5, 0.6) is 0 Å². The molecule has 0 aliphatic carbocycles. The zero-order valence-electron chi connectivity index (χ0n) is 21.1. The number of rotatable bonds is 6. The Kier molecular flexibility index (Phi) is 7.81. The molecule has 1 N–H and O–H groups in total. The molecule has 1 aliphatic rings. The van der Waals surface area contributed by atoms with Gasteiger partial charge in [0.05, 0.1) is 10.9 Å². The minimum Gasteiger partial charge on any atom is -0.373 e. The fourth-order valence-corrected chi connectivity index (χ4v) is 3.93. The van der Waals surface area contributed by atoms with Crippen molar-refractivity contribution in [2.24, 2.45) is 0 Å². The monoisotopic (exact) mass is 470 g/mol. The van der Waals surface area contributed by atoms with E-state index in [-0.39, 0.29) is 5.82 Å². The average Bonchev–Trinajstić information content (AvgIpc) is 3.43. The summed E-state index contributed by atoms with van der Waals surface area (Å²) in [6, 6.07) is 4.33. The Bertz CT molecular complexity index is 1140. The largest absolute Gasteiger partial charge is 0.373 e. The minimum absolute atomic E-state index is 0.170. The van der Waals surface area contributed by atoms with Gasteiger partial charge in [0.15, 0.2) is 23.1 Å². The highest BCUT2D eigenvalue weighted by Crippen LogP contribution is 2.32. The van der Waals surface area contributed by atoms with Crippen LogP contribution in [0.2, 0.25) is 0 Å². The summed E-state index contributed by atoms with van der Waals surface area (Å²) in [5.41, 5.74) is 0.0239. The zero-order chi connectivity index (χ0) is 25.0. The van der Waals surface area contributed by atoms with Gasteiger partial charge in [0.25, 0.3) is 0 Å². The van der Waals surface area contributed by atoms with E-state index in [2.05, 4.69) is 44.2 Å². The van der Waals surface area contributed by atoms with E-state index in [1.54, 1.807) is 4.68 Å². The van der Waals surface area contributed by atoms with Crippen LogP contribution < -0.4 is 10.2 Å². The Labute approximate surface area is 200 Å². The van der Waals surface area contributed by atoms with Gasteiger partial charge in [0.1, 0.15) is 12.1 Å². The maximum Gasteiger partial charge on any atom is 0.167 e. The van der Waals surface area contributed by atoms with Crippen molar-refractivity contribution in [3.05, 3.63) is 29.8 Å². The Balaban J connectivity index is 0.00000103. The summed E-state index contributed by atoms with van der Waals surface area (Å²) >= 11 is 0. The summed E-state index contributed by atoms with van der Waals surface area (Å²) in [5, 5.41) is 9.00.